The summed E-state index contributed by atoms with van der Waals surface area (Å²) in [5, 5.41) is 0. The van der Waals surface area contributed by atoms with Crippen LogP contribution in [0.4, 0.5) is 4.39 Å². The molecule has 22 heavy (non-hydrogen) atoms. The maximum Gasteiger partial charge on any atom is 0.337 e. The van der Waals surface area contributed by atoms with Gasteiger partial charge in [-0.3, -0.25) is 0 Å². The van der Waals surface area contributed by atoms with Gasteiger partial charge in [-0.05, 0) is 32.0 Å². The molecule has 122 valence electrons. The van der Waals surface area contributed by atoms with Gasteiger partial charge in [-0.1, -0.05) is 0 Å². The normalized spacial score (nSPS) is 23.3. The van der Waals surface area contributed by atoms with Crippen LogP contribution < -0.4 is 0 Å². The summed E-state index contributed by atoms with van der Waals surface area (Å²) in [5.41, 5.74) is -0.0168. The molecule has 1 heterocycles. The Balaban J connectivity index is 2.42. The third-order valence-corrected chi connectivity index (χ3v) is 5.20. The number of esters is 1. The number of morpholine rings is 1. The lowest BCUT2D eigenvalue weighted by Gasteiger charge is -2.34. The molecule has 0 aromatic heterocycles. The molecule has 0 N–H and O–H groups in total. The van der Waals surface area contributed by atoms with Crippen molar-refractivity contribution < 1.29 is 27.1 Å². The van der Waals surface area contributed by atoms with Gasteiger partial charge in [-0.2, -0.15) is 4.31 Å². The number of nitrogens with zero attached hydrogens (tertiary/aromatic N) is 1. The third kappa shape index (κ3) is 3.29. The Labute approximate surface area is 128 Å². The van der Waals surface area contributed by atoms with E-state index in [-0.39, 0.29) is 30.9 Å². The maximum atomic E-state index is 14.0. The topological polar surface area (TPSA) is 72.9 Å². The molecule has 6 nitrogen and oxygen atoms in total. The molecule has 0 aliphatic carbocycles. The number of hydrogen-bond acceptors (Lipinski definition) is 5. The van der Waals surface area contributed by atoms with Crippen LogP contribution in [0, 0.1) is 5.82 Å². The first-order valence-corrected chi connectivity index (χ1v) is 8.23. The Hall–Kier alpha value is -1.51. The number of sulfonamides is 1. The number of halogens is 1. The van der Waals surface area contributed by atoms with Crippen molar-refractivity contribution in [1.29, 1.82) is 0 Å². The summed E-state index contributed by atoms with van der Waals surface area (Å²) in [6, 6.07) is 3.14. The van der Waals surface area contributed by atoms with Gasteiger partial charge in [0.25, 0.3) is 0 Å². The lowest BCUT2D eigenvalue weighted by molar-refractivity contribution is -0.0441. The van der Waals surface area contributed by atoms with Crippen LogP contribution in [-0.4, -0.2) is 51.1 Å². The van der Waals surface area contributed by atoms with Crippen LogP contribution in [0.25, 0.3) is 0 Å². The molecule has 8 heteroatoms. The second-order valence-corrected chi connectivity index (χ2v) is 7.12. The molecular weight excluding hydrogens is 313 g/mol. The van der Waals surface area contributed by atoms with Crippen LogP contribution in [-0.2, 0) is 19.5 Å². The smallest absolute Gasteiger partial charge is 0.337 e. The highest BCUT2D eigenvalue weighted by Gasteiger charge is 2.34. The summed E-state index contributed by atoms with van der Waals surface area (Å²) >= 11 is 0. The molecule has 0 radical (unpaired) electrons. The van der Waals surface area contributed by atoms with Crippen LogP contribution >= 0.6 is 0 Å². The summed E-state index contributed by atoms with van der Waals surface area (Å²) in [5.74, 6) is -1.63. The van der Waals surface area contributed by atoms with Crippen molar-refractivity contribution in [1.82, 2.24) is 4.31 Å². The molecule has 0 bridgehead atoms. The van der Waals surface area contributed by atoms with E-state index in [9.17, 15) is 17.6 Å². The third-order valence-electron chi connectivity index (χ3n) is 3.36. The second-order valence-electron chi connectivity index (χ2n) is 5.22. The lowest BCUT2D eigenvalue weighted by atomic mass is 10.2. The fraction of sp³-hybridized carbons (Fsp3) is 0.500. The SMILES string of the molecule is COC(=O)c1ccc(F)c(S(=O)(=O)N2C[C@@H](C)O[C@@H](C)C2)c1. The summed E-state index contributed by atoms with van der Waals surface area (Å²) in [7, 11) is -2.88. The van der Waals surface area contributed by atoms with E-state index in [1.807, 2.05) is 0 Å². The quantitative estimate of drug-likeness (QED) is 0.783. The van der Waals surface area contributed by atoms with E-state index < -0.39 is 26.7 Å². The summed E-state index contributed by atoms with van der Waals surface area (Å²) in [6.07, 6.45) is -0.573. The van der Waals surface area contributed by atoms with Crippen LogP contribution in [0.2, 0.25) is 0 Å². The zero-order chi connectivity index (χ0) is 16.5. The van der Waals surface area contributed by atoms with Gasteiger partial charge < -0.3 is 9.47 Å². The van der Waals surface area contributed by atoms with Crippen LogP contribution in [0.3, 0.4) is 0 Å². The van der Waals surface area contributed by atoms with E-state index in [0.29, 0.717) is 0 Å². The molecule has 0 amide bonds. The standard InChI is InChI=1S/C14H18FNO5S/c1-9-7-16(8-10(2)21-9)22(18,19)13-6-11(14(17)20-3)4-5-12(13)15/h4-6,9-10H,7-8H2,1-3H3/t9-,10+. The van der Waals surface area contributed by atoms with Crippen molar-refractivity contribution in [3.05, 3.63) is 29.6 Å². The van der Waals surface area contributed by atoms with Crippen molar-refractivity contribution in [2.75, 3.05) is 20.2 Å². The summed E-state index contributed by atoms with van der Waals surface area (Å²) in [4.78, 5) is 11.0. The average molecular weight is 331 g/mol. The Kier molecular flexibility index (Phi) is 4.84. The predicted molar refractivity (Wildman–Crippen MR) is 76.5 cm³/mol. The molecule has 1 fully saturated rings. The van der Waals surface area contributed by atoms with Gasteiger partial charge in [-0.15, -0.1) is 0 Å². The number of carbonyl (C=O) groups excluding carboxylic acids is 1. The van der Waals surface area contributed by atoms with Crippen molar-refractivity contribution in [3.63, 3.8) is 0 Å². The summed E-state index contributed by atoms with van der Waals surface area (Å²) < 4.78 is 50.5. The maximum absolute atomic E-state index is 14.0. The molecule has 1 saturated heterocycles. The minimum absolute atomic E-state index is 0.0168. The zero-order valence-corrected chi connectivity index (χ0v) is 13.4. The number of benzene rings is 1. The first-order chi connectivity index (χ1) is 10.3. The second kappa shape index (κ2) is 6.31. The van der Waals surface area contributed by atoms with Crippen LogP contribution in [0.1, 0.15) is 24.2 Å². The van der Waals surface area contributed by atoms with Crippen molar-refractivity contribution in [2.24, 2.45) is 0 Å². The molecule has 1 aliphatic rings. The van der Waals surface area contributed by atoms with E-state index in [2.05, 4.69) is 4.74 Å². The fourth-order valence-electron chi connectivity index (χ4n) is 2.41. The molecule has 0 unspecified atom stereocenters. The van der Waals surface area contributed by atoms with Gasteiger partial charge in [-0.25, -0.2) is 17.6 Å². The Morgan fingerprint density at radius 1 is 1.32 bits per heavy atom. The molecule has 1 aliphatic heterocycles. The van der Waals surface area contributed by atoms with Gasteiger partial charge in [0.05, 0.1) is 24.9 Å². The number of hydrogen-bond donors (Lipinski definition) is 0. The van der Waals surface area contributed by atoms with E-state index >= 15 is 0 Å². The van der Waals surface area contributed by atoms with E-state index in [1.165, 1.54) is 17.5 Å². The van der Waals surface area contributed by atoms with Gasteiger partial charge >= 0.3 is 5.97 Å². The minimum Gasteiger partial charge on any atom is -0.465 e. The zero-order valence-electron chi connectivity index (χ0n) is 12.6. The molecule has 2 atom stereocenters. The average Bonchev–Trinajstić information content (AvgIpc) is 2.45. The van der Waals surface area contributed by atoms with Crippen LogP contribution in [0.15, 0.2) is 23.1 Å². The van der Waals surface area contributed by atoms with E-state index in [1.54, 1.807) is 13.8 Å². The number of ether oxygens (including phenoxy) is 2. The Morgan fingerprint density at radius 2 is 1.91 bits per heavy atom. The van der Waals surface area contributed by atoms with Gasteiger partial charge in [0.1, 0.15) is 10.7 Å². The summed E-state index contributed by atoms with van der Waals surface area (Å²) in [6.45, 7) is 3.77. The molecular formula is C14H18FNO5S. The molecule has 0 spiro atoms. The number of carbonyl (C=O) groups is 1. The molecule has 2 rings (SSSR count). The van der Waals surface area contributed by atoms with E-state index in [0.717, 1.165) is 12.1 Å². The Bertz CT molecular complexity index is 666. The highest BCUT2D eigenvalue weighted by atomic mass is 32.2. The molecule has 1 aromatic rings. The molecule has 1 aromatic carbocycles. The first kappa shape index (κ1) is 16.9. The van der Waals surface area contributed by atoms with Gasteiger partial charge in [0, 0.05) is 13.1 Å². The highest BCUT2D eigenvalue weighted by Crippen LogP contribution is 2.24. The monoisotopic (exact) mass is 331 g/mol. The van der Waals surface area contributed by atoms with Crippen molar-refractivity contribution in [3.8, 4) is 0 Å². The number of methoxy groups -OCH3 is 1. The van der Waals surface area contributed by atoms with Gasteiger partial charge in [0.15, 0.2) is 0 Å². The van der Waals surface area contributed by atoms with Crippen LogP contribution in [0.5, 0.6) is 0 Å². The number of rotatable bonds is 3. The van der Waals surface area contributed by atoms with E-state index in [4.69, 9.17) is 4.74 Å². The lowest BCUT2D eigenvalue weighted by Crippen LogP contribution is -2.48. The first-order valence-electron chi connectivity index (χ1n) is 6.79. The Morgan fingerprint density at radius 3 is 2.45 bits per heavy atom. The van der Waals surface area contributed by atoms with Crippen molar-refractivity contribution >= 4 is 16.0 Å². The minimum atomic E-state index is -4.05. The van der Waals surface area contributed by atoms with Gasteiger partial charge in [0.2, 0.25) is 10.0 Å². The highest BCUT2D eigenvalue weighted by molar-refractivity contribution is 7.89. The predicted octanol–water partition coefficient (Wildman–Crippen LogP) is 1.41. The van der Waals surface area contributed by atoms with Crippen molar-refractivity contribution in [2.45, 2.75) is 31.0 Å². The fourth-order valence-corrected chi connectivity index (χ4v) is 4.09. The molecule has 0 saturated carbocycles. The largest absolute Gasteiger partial charge is 0.465 e.